The number of esters is 1. The SMILES string of the molecule is COC(=O)CCCN1CCN2C(=O)NCC2C1. The fourth-order valence-corrected chi connectivity index (χ4v) is 2.42. The standard InChI is InChI=1S/C11H19N3O3/c1-17-10(15)3-2-4-13-5-6-14-9(8-13)7-12-11(14)16/h9H,2-8H2,1H3,(H,12,16). The quantitative estimate of drug-likeness (QED) is 0.683. The van der Waals surface area contributed by atoms with Crippen LogP contribution in [0.3, 0.4) is 0 Å². The number of carbonyl (C=O) groups is 2. The summed E-state index contributed by atoms with van der Waals surface area (Å²) in [6.07, 6.45) is 1.29. The molecular weight excluding hydrogens is 222 g/mol. The Morgan fingerprint density at radius 3 is 3.12 bits per heavy atom. The molecule has 2 aliphatic rings. The van der Waals surface area contributed by atoms with E-state index in [1.54, 1.807) is 0 Å². The van der Waals surface area contributed by atoms with E-state index in [9.17, 15) is 9.59 Å². The van der Waals surface area contributed by atoms with Crippen molar-refractivity contribution in [3.8, 4) is 0 Å². The van der Waals surface area contributed by atoms with Crippen molar-refractivity contribution in [2.45, 2.75) is 18.9 Å². The van der Waals surface area contributed by atoms with Crippen LogP contribution in [0, 0.1) is 0 Å². The molecule has 1 N–H and O–H groups in total. The summed E-state index contributed by atoms with van der Waals surface area (Å²) in [7, 11) is 1.41. The first-order chi connectivity index (χ1) is 8.20. The highest BCUT2D eigenvalue weighted by Gasteiger charge is 2.34. The van der Waals surface area contributed by atoms with Crippen LogP contribution in [0.15, 0.2) is 0 Å². The third kappa shape index (κ3) is 2.88. The van der Waals surface area contributed by atoms with Gasteiger partial charge in [-0.2, -0.15) is 0 Å². The highest BCUT2D eigenvalue weighted by atomic mass is 16.5. The van der Waals surface area contributed by atoms with Crippen molar-refractivity contribution in [2.24, 2.45) is 0 Å². The number of amides is 2. The molecule has 6 nitrogen and oxygen atoms in total. The Morgan fingerprint density at radius 1 is 1.53 bits per heavy atom. The summed E-state index contributed by atoms with van der Waals surface area (Å²) in [6, 6.07) is 0.360. The second kappa shape index (κ2) is 5.35. The van der Waals surface area contributed by atoms with Gasteiger partial charge in [-0.25, -0.2) is 4.79 Å². The molecule has 0 aromatic rings. The molecule has 0 saturated carbocycles. The van der Waals surface area contributed by atoms with Gasteiger partial charge in [-0.1, -0.05) is 0 Å². The van der Waals surface area contributed by atoms with E-state index < -0.39 is 0 Å². The van der Waals surface area contributed by atoms with E-state index in [0.29, 0.717) is 12.5 Å². The first-order valence-electron chi connectivity index (χ1n) is 6.04. The highest BCUT2D eigenvalue weighted by molar-refractivity contribution is 5.77. The summed E-state index contributed by atoms with van der Waals surface area (Å²) >= 11 is 0. The molecule has 2 aliphatic heterocycles. The van der Waals surface area contributed by atoms with E-state index >= 15 is 0 Å². The lowest BCUT2D eigenvalue weighted by Crippen LogP contribution is -2.52. The Balaban J connectivity index is 1.70. The van der Waals surface area contributed by atoms with Crippen LogP contribution in [-0.2, 0) is 9.53 Å². The predicted molar refractivity (Wildman–Crippen MR) is 61.6 cm³/mol. The molecule has 0 spiro atoms. The van der Waals surface area contributed by atoms with E-state index in [-0.39, 0.29) is 12.0 Å². The molecule has 0 aliphatic carbocycles. The summed E-state index contributed by atoms with van der Waals surface area (Å²) in [5, 5.41) is 2.85. The van der Waals surface area contributed by atoms with E-state index in [1.165, 1.54) is 7.11 Å². The van der Waals surface area contributed by atoms with Gasteiger partial charge in [0.2, 0.25) is 0 Å². The Morgan fingerprint density at radius 2 is 2.35 bits per heavy atom. The maximum absolute atomic E-state index is 11.4. The minimum absolute atomic E-state index is 0.0595. The van der Waals surface area contributed by atoms with Crippen molar-refractivity contribution in [2.75, 3.05) is 39.8 Å². The summed E-state index contributed by atoms with van der Waals surface area (Å²) in [4.78, 5) is 26.6. The molecular formula is C11H19N3O3. The van der Waals surface area contributed by atoms with E-state index in [2.05, 4.69) is 15.0 Å². The zero-order chi connectivity index (χ0) is 12.3. The number of urea groups is 1. The molecule has 0 aromatic carbocycles. The van der Waals surface area contributed by atoms with E-state index in [1.807, 2.05) is 4.90 Å². The molecule has 0 radical (unpaired) electrons. The summed E-state index contributed by atoms with van der Waals surface area (Å²) < 4.78 is 4.60. The lowest BCUT2D eigenvalue weighted by Gasteiger charge is -2.36. The van der Waals surface area contributed by atoms with Crippen LogP contribution < -0.4 is 5.32 Å². The van der Waals surface area contributed by atoms with Gasteiger partial charge in [0, 0.05) is 32.6 Å². The van der Waals surface area contributed by atoms with Gasteiger partial charge in [-0.3, -0.25) is 9.69 Å². The summed E-state index contributed by atoms with van der Waals surface area (Å²) in [5.41, 5.74) is 0. The van der Waals surface area contributed by atoms with Crippen molar-refractivity contribution in [3.63, 3.8) is 0 Å². The van der Waals surface area contributed by atoms with Crippen LogP contribution in [-0.4, -0.2) is 67.7 Å². The Hall–Kier alpha value is -1.30. The molecule has 96 valence electrons. The number of piperazine rings is 1. The van der Waals surface area contributed by atoms with Gasteiger partial charge >= 0.3 is 12.0 Å². The number of rotatable bonds is 4. The minimum Gasteiger partial charge on any atom is -0.469 e. The van der Waals surface area contributed by atoms with E-state index in [0.717, 1.165) is 39.1 Å². The first kappa shape index (κ1) is 12.2. The maximum Gasteiger partial charge on any atom is 0.317 e. The van der Waals surface area contributed by atoms with Gasteiger partial charge in [-0.05, 0) is 13.0 Å². The largest absolute Gasteiger partial charge is 0.469 e. The van der Waals surface area contributed by atoms with Gasteiger partial charge in [0.15, 0.2) is 0 Å². The second-order valence-corrected chi connectivity index (χ2v) is 4.51. The van der Waals surface area contributed by atoms with Crippen molar-refractivity contribution in [1.82, 2.24) is 15.1 Å². The van der Waals surface area contributed by atoms with Crippen LogP contribution >= 0.6 is 0 Å². The molecule has 2 heterocycles. The Kier molecular flexibility index (Phi) is 3.83. The Labute approximate surface area is 101 Å². The number of hydrogen-bond acceptors (Lipinski definition) is 4. The van der Waals surface area contributed by atoms with Crippen LogP contribution in [0.25, 0.3) is 0 Å². The van der Waals surface area contributed by atoms with Crippen molar-refractivity contribution >= 4 is 12.0 Å². The molecule has 17 heavy (non-hydrogen) atoms. The topological polar surface area (TPSA) is 61.9 Å². The van der Waals surface area contributed by atoms with Gasteiger partial charge in [0.1, 0.15) is 0 Å². The van der Waals surface area contributed by atoms with Crippen LogP contribution in [0.1, 0.15) is 12.8 Å². The van der Waals surface area contributed by atoms with Crippen LogP contribution in [0.2, 0.25) is 0 Å². The average molecular weight is 241 g/mol. The number of ether oxygens (including phenoxy) is 1. The number of hydrogen-bond donors (Lipinski definition) is 1. The van der Waals surface area contributed by atoms with E-state index in [4.69, 9.17) is 0 Å². The van der Waals surface area contributed by atoms with Gasteiger partial charge in [0.25, 0.3) is 0 Å². The fourth-order valence-electron chi connectivity index (χ4n) is 2.42. The van der Waals surface area contributed by atoms with Crippen molar-refractivity contribution in [3.05, 3.63) is 0 Å². The zero-order valence-corrected chi connectivity index (χ0v) is 10.1. The third-order valence-electron chi connectivity index (χ3n) is 3.40. The molecule has 2 saturated heterocycles. The first-order valence-corrected chi connectivity index (χ1v) is 6.04. The number of methoxy groups -OCH3 is 1. The number of fused-ring (bicyclic) bond motifs is 1. The molecule has 1 atom stereocenters. The lowest BCUT2D eigenvalue weighted by molar-refractivity contribution is -0.140. The maximum atomic E-state index is 11.4. The van der Waals surface area contributed by atoms with Gasteiger partial charge in [0.05, 0.1) is 13.2 Å². The van der Waals surface area contributed by atoms with Crippen LogP contribution in [0.4, 0.5) is 4.79 Å². The fraction of sp³-hybridized carbons (Fsp3) is 0.818. The molecule has 0 bridgehead atoms. The number of nitrogens with one attached hydrogen (secondary N) is 1. The monoisotopic (exact) mass is 241 g/mol. The third-order valence-corrected chi connectivity index (χ3v) is 3.40. The molecule has 0 aromatic heterocycles. The van der Waals surface area contributed by atoms with Crippen molar-refractivity contribution < 1.29 is 14.3 Å². The summed E-state index contributed by atoms with van der Waals surface area (Å²) in [5.74, 6) is -0.152. The van der Waals surface area contributed by atoms with Crippen molar-refractivity contribution in [1.29, 1.82) is 0 Å². The molecule has 2 fully saturated rings. The molecule has 2 amide bonds. The highest BCUT2D eigenvalue weighted by Crippen LogP contribution is 2.14. The van der Waals surface area contributed by atoms with Gasteiger partial charge < -0.3 is 15.0 Å². The lowest BCUT2D eigenvalue weighted by atomic mass is 10.2. The summed E-state index contributed by atoms with van der Waals surface area (Å²) in [6.45, 7) is 4.22. The molecule has 1 unspecified atom stereocenters. The number of carbonyl (C=O) groups excluding carboxylic acids is 2. The average Bonchev–Trinajstić information content (AvgIpc) is 2.70. The minimum atomic E-state index is -0.152. The van der Waals surface area contributed by atoms with Crippen LogP contribution in [0.5, 0.6) is 0 Å². The predicted octanol–water partition coefficient (Wildman–Crippen LogP) is -0.351. The van der Waals surface area contributed by atoms with Gasteiger partial charge in [-0.15, -0.1) is 0 Å². The Bertz CT molecular complexity index is 308. The number of nitrogens with zero attached hydrogens (tertiary/aromatic N) is 2. The smallest absolute Gasteiger partial charge is 0.317 e. The normalized spacial score (nSPS) is 24.4. The second-order valence-electron chi connectivity index (χ2n) is 4.51. The molecule has 2 rings (SSSR count). The zero-order valence-electron chi connectivity index (χ0n) is 10.1. The molecule has 6 heteroatoms.